The van der Waals surface area contributed by atoms with Crippen molar-refractivity contribution in [1.82, 2.24) is 0 Å². The lowest BCUT2D eigenvalue weighted by Gasteiger charge is -2.43. The van der Waals surface area contributed by atoms with Gasteiger partial charge in [0.1, 0.15) is 13.2 Å². The maximum Gasteiger partial charge on any atom is 0.508 e. The fourth-order valence-corrected chi connectivity index (χ4v) is 2.48. The first-order valence-corrected chi connectivity index (χ1v) is 7.36. The maximum absolute atomic E-state index is 12.6. The van der Waals surface area contributed by atoms with Gasteiger partial charge >= 0.3 is 12.1 Å². The van der Waals surface area contributed by atoms with Gasteiger partial charge in [-0.05, 0) is 24.2 Å². The Morgan fingerprint density at radius 1 is 1.19 bits per heavy atom. The van der Waals surface area contributed by atoms with Crippen LogP contribution < -0.4 is 0 Å². The van der Waals surface area contributed by atoms with E-state index in [1.807, 2.05) is 27.7 Å². The summed E-state index contributed by atoms with van der Waals surface area (Å²) in [5.41, 5.74) is -0.848. The number of ether oxygens (including phenoxy) is 3. The summed E-state index contributed by atoms with van der Waals surface area (Å²) in [5.74, 6) is -0.257. The van der Waals surface area contributed by atoms with Crippen LogP contribution in [0.25, 0.3) is 0 Å². The molecule has 2 unspecified atom stereocenters. The van der Waals surface area contributed by atoms with E-state index in [9.17, 15) is 9.59 Å². The monoisotopic (exact) mass is 300 g/mol. The molecule has 1 fully saturated rings. The second-order valence-electron chi connectivity index (χ2n) is 8.22. The van der Waals surface area contributed by atoms with Crippen molar-refractivity contribution in [2.75, 3.05) is 13.2 Å². The Balaban J connectivity index is 2.74. The van der Waals surface area contributed by atoms with E-state index in [-0.39, 0.29) is 30.0 Å². The Kier molecular flexibility index (Phi) is 4.96. The van der Waals surface area contributed by atoms with Gasteiger partial charge in [0.25, 0.3) is 0 Å². The van der Waals surface area contributed by atoms with Crippen molar-refractivity contribution < 1.29 is 23.8 Å². The molecule has 1 saturated heterocycles. The summed E-state index contributed by atoms with van der Waals surface area (Å²) < 4.78 is 15.0. The van der Waals surface area contributed by atoms with Crippen LogP contribution in [0, 0.1) is 16.2 Å². The molecule has 0 N–H and O–H groups in total. The Bertz CT molecular complexity index is 402. The van der Waals surface area contributed by atoms with Crippen molar-refractivity contribution in [3.8, 4) is 0 Å². The molecule has 0 saturated carbocycles. The highest BCUT2D eigenvalue weighted by Crippen LogP contribution is 2.47. The van der Waals surface area contributed by atoms with Gasteiger partial charge in [-0.1, -0.05) is 41.5 Å². The largest absolute Gasteiger partial charge is 0.508 e. The summed E-state index contributed by atoms with van der Waals surface area (Å²) in [4.78, 5) is 23.5. The van der Waals surface area contributed by atoms with Gasteiger partial charge in [0, 0.05) is 0 Å². The molecular weight excluding hydrogens is 272 g/mol. The van der Waals surface area contributed by atoms with E-state index in [1.165, 1.54) is 0 Å². The van der Waals surface area contributed by atoms with Crippen molar-refractivity contribution >= 4 is 12.1 Å². The molecule has 0 radical (unpaired) electrons. The van der Waals surface area contributed by atoms with Crippen LogP contribution in [0.5, 0.6) is 0 Å². The van der Waals surface area contributed by atoms with E-state index < -0.39 is 17.7 Å². The number of rotatable bonds is 4. The maximum atomic E-state index is 12.6. The van der Waals surface area contributed by atoms with E-state index in [0.717, 1.165) is 0 Å². The fraction of sp³-hybridized carbons (Fsp3) is 0.875. The Labute approximate surface area is 127 Å². The van der Waals surface area contributed by atoms with Gasteiger partial charge in [0.05, 0.1) is 5.41 Å². The molecule has 0 bridgehead atoms. The Morgan fingerprint density at radius 3 is 2.14 bits per heavy atom. The van der Waals surface area contributed by atoms with E-state index in [1.54, 1.807) is 0 Å². The van der Waals surface area contributed by atoms with Gasteiger partial charge in [-0.3, -0.25) is 4.79 Å². The van der Waals surface area contributed by atoms with Crippen molar-refractivity contribution in [2.45, 2.75) is 61.0 Å². The summed E-state index contributed by atoms with van der Waals surface area (Å²) in [5, 5.41) is 0. The minimum atomic E-state index is -0.704. The van der Waals surface area contributed by atoms with E-state index in [4.69, 9.17) is 9.47 Å². The summed E-state index contributed by atoms with van der Waals surface area (Å²) >= 11 is 0. The third-order valence-electron chi connectivity index (χ3n) is 4.04. The van der Waals surface area contributed by atoms with Gasteiger partial charge in [-0.15, -0.1) is 0 Å². The summed E-state index contributed by atoms with van der Waals surface area (Å²) in [6.45, 7) is 14.6. The van der Waals surface area contributed by atoms with Crippen molar-refractivity contribution in [1.29, 1.82) is 0 Å². The predicted octanol–water partition coefficient (Wildman–Crippen LogP) is 3.55. The third kappa shape index (κ3) is 4.61. The van der Waals surface area contributed by atoms with E-state index >= 15 is 0 Å². The van der Waals surface area contributed by atoms with Crippen molar-refractivity contribution in [3.05, 3.63) is 0 Å². The van der Waals surface area contributed by atoms with Crippen LogP contribution in [0.15, 0.2) is 0 Å². The topological polar surface area (TPSA) is 61.8 Å². The minimum absolute atomic E-state index is 0.00395. The molecule has 1 aliphatic heterocycles. The highest BCUT2D eigenvalue weighted by Gasteiger charge is 2.48. The number of hydrogen-bond donors (Lipinski definition) is 0. The third-order valence-corrected chi connectivity index (χ3v) is 4.04. The number of esters is 1. The number of carbonyl (C=O) groups excluding carboxylic acids is 2. The molecule has 0 aromatic heterocycles. The molecule has 122 valence electrons. The van der Waals surface area contributed by atoms with Crippen LogP contribution in [0.3, 0.4) is 0 Å². The SMILES string of the molecule is CC(C)(C)CC(C)(C(=O)OCC1COC(=O)O1)C(C)(C)C. The van der Waals surface area contributed by atoms with E-state index in [2.05, 4.69) is 25.5 Å². The smallest absolute Gasteiger partial charge is 0.461 e. The molecule has 0 spiro atoms. The molecular formula is C16H28O5. The minimum Gasteiger partial charge on any atom is -0.461 e. The second-order valence-corrected chi connectivity index (χ2v) is 8.22. The van der Waals surface area contributed by atoms with Crippen LogP contribution >= 0.6 is 0 Å². The first kappa shape index (κ1) is 17.8. The molecule has 5 nitrogen and oxygen atoms in total. The van der Waals surface area contributed by atoms with Crippen LogP contribution in [-0.2, 0) is 19.0 Å². The molecule has 0 aliphatic carbocycles. The molecule has 0 amide bonds. The van der Waals surface area contributed by atoms with Gasteiger partial charge in [-0.25, -0.2) is 4.79 Å². The molecule has 2 atom stereocenters. The zero-order chi connectivity index (χ0) is 16.5. The lowest BCUT2D eigenvalue weighted by atomic mass is 9.61. The van der Waals surface area contributed by atoms with Crippen molar-refractivity contribution in [2.24, 2.45) is 16.2 Å². The normalized spacial score (nSPS) is 22.2. The lowest BCUT2D eigenvalue weighted by Crippen LogP contribution is -2.45. The fourth-order valence-electron chi connectivity index (χ4n) is 2.48. The summed E-state index contributed by atoms with van der Waals surface area (Å²) in [7, 11) is 0. The molecule has 5 heteroatoms. The zero-order valence-corrected chi connectivity index (χ0v) is 14.2. The number of carbonyl (C=O) groups is 2. The molecule has 0 aromatic rings. The molecule has 1 aliphatic rings. The molecule has 1 heterocycles. The Hall–Kier alpha value is -1.26. The zero-order valence-electron chi connectivity index (χ0n) is 14.2. The number of cyclic esters (lactones) is 2. The highest BCUT2D eigenvalue weighted by atomic mass is 16.8. The number of hydrogen-bond acceptors (Lipinski definition) is 5. The molecule has 1 rings (SSSR count). The first-order valence-electron chi connectivity index (χ1n) is 7.36. The van der Waals surface area contributed by atoms with Gasteiger partial charge < -0.3 is 14.2 Å². The highest BCUT2D eigenvalue weighted by molar-refractivity contribution is 5.77. The van der Waals surface area contributed by atoms with Crippen LogP contribution in [0.1, 0.15) is 54.9 Å². The molecule has 21 heavy (non-hydrogen) atoms. The van der Waals surface area contributed by atoms with Crippen LogP contribution in [0.4, 0.5) is 4.79 Å². The average Bonchev–Trinajstić information content (AvgIpc) is 2.68. The van der Waals surface area contributed by atoms with Gasteiger partial charge in [0.15, 0.2) is 6.10 Å². The second kappa shape index (κ2) is 5.85. The van der Waals surface area contributed by atoms with Crippen LogP contribution in [-0.4, -0.2) is 31.4 Å². The molecule has 0 aromatic carbocycles. The van der Waals surface area contributed by atoms with E-state index in [0.29, 0.717) is 6.42 Å². The van der Waals surface area contributed by atoms with Gasteiger partial charge in [-0.2, -0.15) is 0 Å². The quantitative estimate of drug-likeness (QED) is 0.743. The first-order chi connectivity index (χ1) is 9.35. The average molecular weight is 300 g/mol. The predicted molar refractivity (Wildman–Crippen MR) is 78.8 cm³/mol. The summed E-state index contributed by atoms with van der Waals surface area (Å²) in [6.07, 6.45) is -0.492. The summed E-state index contributed by atoms with van der Waals surface area (Å²) in [6, 6.07) is 0. The lowest BCUT2D eigenvalue weighted by molar-refractivity contribution is -0.167. The van der Waals surface area contributed by atoms with Crippen molar-refractivity contribution in [3.63, 3.8) is 0 Å². The standard InChI is InChI=1S/C16H28O5/c1-14(2,3)10-16(7,15(4,5)6)12(17)19-8-11-9-20-13(18)21-11/h11H,8-10H2,1-7H3. The Morgan fingerprint density at radius 2 is 1.76 bits per heavy atom. The van der Waals surface area contributed by atoms with Crippen LogP contribution in [0.2, 0.25) is 0 Å². The van der Waals surface area contributed by atoms with Gasteiger partial charge in [0.2, 0.25) is 0 Å².